The Morgan fingerprint density at radius 2 is 2.00 bits per heavy atom. The first-order chi connectivity index (χ1) is 7.18. The number of benzene rings is 1. The van der Waals surface area contributed by atoms with Crippen LogP contribution in [0.5, 0.6) is 0 Å². The molecule has 0 bridgehead atoms. The van der Waals surface area contributed by atoms with Crippen molar-refractivity contribution in [2.75, 3.05) is 11.4 Å². The van der Waals surface area contributed by atoms with Crippen LogP contribution in [0.25, 0.3) is 0 Å². The number of carbonyl (C=O) groups is 1. The topological polar surface area (TPSA) is 32.3 Å². The van der Waals surface area contributed by atoms with Crippen LogP contribution in [0.3, 0.4) is 0 Å². The van der Waals surface area contributed by atoms with E-state index in [1.807, 2.05) is 31.2 Å². The monoisotopic (exact) mass is 220 g/mol. The predicted molar refractivity (Wildman–Crippen MR) is 63.9 cm³/mol. The molecule has 0 aliphatic carbocycles. The van der Waals surface area contributed by atoms with Gasteiger partial charge in [-0.25, -0.2) is 0 Å². The Labute approximate surface area is 94.1 Å². The van der Waals surface area contributed by atoms with E-state index in [2.05, 4.69) is 5.32 Å². The summed E-state index contributed by atoms with van der Waals surface area (Å²) in [6.07, 6.45) is 0.494. The molecule has 2 rings (SSSR count). The van der Waals surface area contributed by atoms with Gasteiger partial charge in [0.2, 0.25) is 5.91 Å². The van der Waals surface area contributed by atoms with E-state index < -0.39 is 0 Å². The third kappa shape index (κ3) is 1.99. The van der Waals surface area contributed by atoms with Crippen molar-refractivity contribution < 1.29 is 4.79 Å². The maximum Gasteiger partial charge on any atom is 0.235 e. The Hall–Kier alpha value is -1.42. The largest absolute Gasteiger partial charge is 0.361 e. The lowest BCUT2D eigenvalue weighted by Gasteiger charge is -2.28. The molecule has 0 atom stereocenters. The van der Waals surface area contributed by atoms with Crippen molar-refractivity contribution in [2.45, 2.75) is 13.3 Å². The van der Waals surface area contributed by atoms with Crippen LogP contribution in [0.4, 0.5) is 5.69 Å². The summed E-state index contributed by atoms with van der Waals surface area (Å²) < 4.78 is 0. The molecule has 1 aromatic carbocycles. The molecular weight excluding hydrogens is 208 g/mol. The molecule has 1 heterocycles. The average molecular weight is 220 g/mol. The number of nitrogens with zero attached hydrogens (tertiary/aromatic N) is 1. The molecule has 1 saturated heterocycles. The van der Waals surface area contributed by atoms with Crippen LogP contribution >= 0.6 is 12.2 Å². The van der Waals surface area contributed by atoms with Gasteiger partial charge in [0, 0.05) is 13.0 Å². The highest BCUT2D eigenvalue weighted by molar-refractivity contribution is 7.80. The molecule has 15 heavy (non-hydrogen) atoms. The summed E-state index contributed by atoms with van der Waals surface area (Å²) >= 11 is 5.11. The first-order valence-electron chi connectivity index (χ1n) is 4.86. The number of carbonyl (C=O) groups excluding carboxylic acids is 1. The Kier molecular flexibility index (Phi) is 2.68. The zero-order valence-electron chi connectivity index (χ0n) is 8.49. The summed E-state index contributed by atoms with van der Waals surface area (Å²) in [4.78, 5) is 13.2. The van der Waals surface area contributed by atoms with Crippen molar-refractivity contribution >= 4 is 28.9 Å². The molecule has 4 heteroatoms. The predicted octanol–water partition coefficient (Wildman–Crippen LogP) is 1.61. The van der Waals surface area contributed by atoms with Crippen LogP contribution in [0.1, 0.15) is 12.0 Å². The maximum atomic E-state index is 11.7. The molecule has 0 radical (unpaired) electrons. The average Bonchev–Trinajstić information content (AvgIpc) is 2.20. The summed E-state index contributed by atoms with van der Waals surface area (Å²) in [7, 11) is 0. The summed E-state index contributed by atoms with van der Waals surface area (Å²) in [5, 5.41) is 3.51. The lowest BCUT2D eigenvalue weighted by molar-refractivity contribution is -0.117. The minimum atomic E-state index is 0.0580. The lowest BCUT2D eigenvalue weighted by atomic mass is 10.2. The Morgan fingerprint density at radius 1 is 1.33 bits per heavy atom. The van der Waals surface area contributed by atoms with E-state index >= 15 is 0 Å². The minimum Gasteiger partial charge on any atom is -0.361 e. The molecule has 1 aliphatic heterocycles. The standard InChI is InChI=1S/C11H12N2OS/c1-8-2-4-9(5-3-8)13-10(14)6-7-12-11(13)15/h2-5H,6-7H2,1H3,(H,12,15). The van der Waals surface area contributed by atoms with Crippen molar-refractivity contribution in [1.82, 2.24) is 5.32 Å². The number of nitrogens with one attached hydrogen (secondary N) is 1. The molecular formula is C11H12N2OS. The second-order valence-electron chi connectivity index (χ2n) is 3.55. The number of thiocarbonyl (C=S) groups is 1. The maximum absolute atomic E-state index is 11.7. The number of hydrogen-bond donors (Lipinski definition) is 1. The molecule has 0 unspecified atom stereocenters. The number of rotatable bonds is 1. The molecule has 78 valence electrons. The lowest BCUT2D eigenvalue weighted by Crippen LogP contribution is -2.49. The van der Waals surface area contributed by atoms with Gasteiger partial charge >= 0.3 is 0 Å². The van der Waals surface area contributed by atoms with Crippen LogP contribution < -0.4 is 10.2 Å². The van der Waals surface area contributed by atoms with E-state index in [1.54, 1.807) is 4.90 Å². The second kappa shape index (κ2) is 3.98. The Bertz CT molecular complexity index is 384. The normalized spacial score (nSPS) is 16.5. The van der Waals surface area contributed by atoms with E-state index in [1.165, 1.54) is 5.56 Å². The smallest absolute Gasteiger partial charge is 0.235 e. The second-order valence-corrected chi connectivity index (χ2v) is 3.93. The fourth-order valence-corrected chi connectivity index (χ4v) is 1.84. The van der Waals surface area contributed by atoms with Gasteiger partial charge in [-0.2, -0.15) is 0 Å². The third-order valence-corrected chi connectivity index (χ3v) is 2.69. The van der Waals surface area contributed by atoms with E-state index in [4.69, 9.17) is 12.2 Å². The molecule has 1 aliphatic rings. The zero-order valence-corrected chi connectivity index (χ0v) is 9.30. The molecule has 0 spiro atoms. The van der Waals surface area contributed by atoms with Crippen molar-refractivity contribution in [3.05, 3.63) is 29.8 Å². The van der Waals surface area contributed by atoms with Gasteiger partial charge < -0.3 is 5.32 Å². The van der Waals surface area contributed by atoms with E-state index in [0.29, 0.717) is 18.1 Å². The van der Waals surface area contributed by atoms with E-state index in [0.717, 1.165) is 5.69 Å². The minimum absolute atomic E-state index is 0.0580. The van der Waals surface area contributed by atoms with Gasteiger partial charge in [0.25, 0.3) is 0 Å². The summed E-state index contributed by atoms with van der Waals surface area (Å²) in [5.74, 6) is 0.0580. The highest BCUT2D eigenvalue weighted by Gasteiger charge is 2.23. The molecule has 0 aromatic heterocycles. The van der Waals surface area contributed by atoms with Crippen molar-refractivity contribution in [1.29, 1.82) is 0 Å². The van der Waals surface area contributed by atoms with E-state index in [9.17, 15) is 4.79 Å². The molecule has 0 saturated carbocycles. The first kappa shape index (κ1) is 10.1. The van der Waals surface area contributed by atoms with Gasteiger partial charge in [0.1, 0.15) is 0 Å². The summed E-state index contributed by atoms with van der Waals surface area (Å²) in [6.45, 7) is 2.65. The molecule has 1 amide bonds. The van der Waals surface area contributed by atoms with Crippen LogP contribution in [-0.2, 0) is 4.79 Å². The fourth-order valence-electron chi connectivity index (χ4n) is 1.54. The van der Waals surface area contributed by atoms with Crippen LogP contribution in [0.15, 0.2) is 24.3 Å². The van der Waals surface area contributed by atoms with Crippen LogP contribution in [0.2, 0.25) is 0 Å². The van der Waals surface area contributed by atoms with Crippen molar-refractivity contribution in [3.8, 4) is 0 Å². The Morgan fingerprint density at radius 3 is 2.60 bits per heavy atom. The number of anilines is 1. The highest BCUT2D eigenvalue weighted by Crippen LogP contribution is 2.18. The number of aryl methyl sites for hydroxylation is 1. The molecule has 1 aromatic rings. The quantitative estimate of drug-likeness (QED) is 0.730. The van der Waals surface area contributed by atoms with Crippen molar-refractivity contribution in [2.24, 2.45) is 0 Å². The third-order valence-electron chi connectivity index (χ3n) is 2.36. The van der Waals surface area contributed by atoms with Gasteiger partial charge in [-0.15, -0.1) is 0 Å². The highest BCUT2D eigenvalue weighted by atomic mass is 32.1. The summed E-state index contributed by atoms with van der Waals surface area (Å²) in [5.41, 5.74) is 2.00. The van der Waals surface area contributed by atoms with Crippen molar-refractivity contribution in [3.63, 3.8) is 0 Å². The Balaban J connectivity index is 2.31. The SMILES string of the molecule is Cc1ccc(N2C(=O)CCNC2=S)cc1. The number of hydrogen-bond acceptors (Lipinski definition) is 2. The zero-order chi connectivity index (χ0) is 10.8. The van der Waals surface area contributed by atoms with Gasteiger partial charge in [0.15, 0.2) is 5.11 Å². The van der Waals surface area contributed by atoms with Crippen LogP contribution in [0, 0.1) is 6.92 Å². The van der Waals surface area contributed by atoms with Crippen LogP contribution in [-0.4, -0.2) is 17.6 Å². The van der Waals surface area contributed by atoms with Gasteiger partial charge in [-0.05, 0) is 31.3 Å². The first-order valence-corrected chi connectivity index (χ1v) is 5.27. The number of amides is 1. The van der Waals surface area contributed by atoms with Gasteiger partial charge in [-0.3, -0.25) is 9.69 Å². The molecule has 3 nitrogen and oxygen atoms in total. The van der Waals surface area contributed by atoms with Gasteiger partial charge in [0.05, 0.1) is 5.69 Å². The van der Waals surface area contributed by atoms with E-state index in [-0.39, 0.29) is 5.91 Å². The fraction of sp³-hybridized carbons (Fsp3) is 0.273. The summed E-state index contributed by atoms with van der Waals surface area (Å²) in [6, 6.07) is 7.76. The van der Waals surface area contributed by atoms with Gasteiger partial charge in [-0.1, -0.05) is 17.7 Å². The molecule has 1 fully saturated rings. The molecule has 1 N–H and O–H groups in total.